The molecule has 2 N–H and O–H groups in total. The van der Waals surface area contributed by atoms with Crippen LogP contribution in [-0.2, 0) is 4.79 Å². The van der Waals surface area contributed by atoms with E-state index in [0.29, 0.717) is 12.2 Å². The number of hydrogen-bond acceptors (Lipinski definition) is 4. The molecule has 104 valence electrons. The molecule has 0 aliphatic carbocycles. The molecule has 1 amide bonds. The molecule has 1 aliphatic heterocycles. The van der Waals surface area contributed by atoms with Gasteiger partial charge in [0.1, 0.15) is 11.3 Å². The van der Waals surface area contributed by atoms with Crippen molar-refractivity contribution < 1.29 is 19.8 Å². The van der Waals surface area contributed by atoms with Gasteiger partial charge in [0.2, 0.25) is 5.91 Å². The van der Waals surface area contributed by atoms with E-state index in [-0.39, 0.29) is 36.1 Å². The summed E-state index contributed by atoms with van der Waals surface area (Å²) in [5, 5.41) is 21.8. The van der Waals surface area contributed by atoms with Gasteiger partial charge in [0.15, 0.2) is 0 Å². The molecule has 0 spiro atoms. The van der Waals surface area contributed by atoms with Gasteiger partial charge in [0.05, 0.1) is 0 Å². The van der Waals surface area contributed by atoms with E-state index >= 15 is 0 Å². The molecule has 1 aromatic carbocycles. The lowest BCUT2D eigenvalue weighted by atomic mass is 10.1. The van der Waals surface area contributed by atoms with Gasteiger partial charge in [-0.05, 0) is 29.6 Å². The fourth-order valence-corrected chi connectivity index (χ4v) is 2.17. The first-order valence-corrected chi connectivity index (χ1v) is 5.90. The highest BCUT2D eigenvalue weighted by Crippen LogP contribution is 2.29. The Hall–Kier alpha value is -2.73. The van der Waals surface area contributed by atoms with Gasteiger partial charge in [-0.1, -0.05) is 5.11 Å². The summed E-state index contributed by atoms with van der Waals surface area (Å²) in [4.78, 5) is 26.9. The second-order valence-electron chi connectivity index (χ2n) is 4.49. The van der Waals surface area contributed by atoms with E-state index in [4.69, 9.17) is 10.6 Å². The van der Waals surface area contributed by atoms with Crippen molar-refractivity contribution in [3.63, 3.8) is 0 Å². The average Bonchev–Trinajstić information content (AvgIpc) is 2.78. The fraction of sp³-hybridized carbons (Fsp3) is 0.333. The molecular formula is C12H12N4O4. The molecule has 1 aliphatic rings. The number of carbonyl (C=O) groups excluding carboxylic acids is 1. The third-order valence-electron chi connectivity index (χ3n) is 3.13. The minimum absolute atomic E-state index is 0.0829. The number of anilines is 1. The minimum atomic E-state index is -1.26. The number of carbonyl (C=O) groups is 2. The number of amides is 1. The van der Waals surface area contributed by atoms with E-state index in [9.17, 15) is 14.7 Å². The number of hydrogen-bond donors (Lipinski definition) is 2. The third-order valence-corrected chi connectivity index (χ3v) is 3.13. The molecule has 8 heteroatoms. The maximum Gasteiger partial charge on any atom is 0.339 e. The Morgan fingerprint density at radius 3 is 2.95 bits per heavy atom. The van der Waals surface area contributed by atoms with E-state index in [2.05, 4.69) is 10.0 Å². The van der Waals surface area contributed by atoms with Crippen LogP contribution in [0.25, 0.3) is 10.4 Å². The van der Waals surface area contributed by atoms with Gasteiger partial charge in [0, 0.05) is 30.1 Å². The van der Waals surface area contributed by atoms with Crippen molar-refractivity contribution in [2.75, 3.05) is 18.0 Å². The van der Waals surface area contributed by atoms with Crippen LogP contribution in [0.5, 0.6) is 5.75 Å². The molecule has 1 saturated heterocycles. The zero-order chi connectivity index (χ0) is 14.7. The lowest BCUT2D eigenvalue weighted by Crippen LogP contribution is -2.25. The summed E-state index contributed by atoms with van der Waals surface area (Å²) in [7, 11) is 0. The Morgan fingerprint density at radius 2 is 2.30 bits per heavy atom. The monoisotopic (exact) mass is 276 g/mol. The van der Waals surface area contributed by atoms with Crippen LogP contribution in [0.4, 0.5) is 5.69 Å². The van der Waals surface area contributed by atoms with Crippen molar-refractivity contribution in [2.24, 2.45) is 11.0 Å². The van der Waals surface area contributed by atoms with Crippen molar-refractivity contribution in [1.82, 2.24) is 0 Å². The van der Waals surface area contributed by atoms with Gasteiger partial charge in [-0.15, -0.1) is 0 Å². The minimum Gasteiger partial charge on any atom is -0.507 e. The first kappa shape index (κ1) is 13.7. The summed E-state index contributed by atoms with van der Waals surface area (Å²) < 4.78 is 0. The lowest BCUT2D eigenvalue weighted by Gasteiger charge is -2.17. The molecule has 0 aromatic heterocycles. The first-order chi connectivity index (χ1) is 9.52. The van der Waals surface area contributed by atoms with Crippen LogP contribution in [0.2, 0.25) is 0 Å². The lowest BCUT2D eigenvalue weighted by molar-refractivity contribution is -0.117. The fourth-order valence-electron chi connectivity index (χ4n) is 2.17. The second-order valence-corrected chi connectivity index (χ2v) is 4.49. The standard InChI is InChI=1S/C12H12N4O4/c13-15-14-5-7-3-11(18)16(6-7)8-1-2-10(17)9(4-8)12(19)20/h1-2,4,7,17H,3,5-6H2,(H,19,20). The third kappa shape index (κ3) is 2.65. The maximum atomic E-state index is 11.9. The van der Waals surface area contributed by atoms with Gasteiger partial charge in [-0.2, -0.15) is 0 Å². The van der Waals surface area contributed by atoms with Gasteiger partial charge in [-0.3, -0.25) is 4.79 Å². The number of nitrogens with zero attached hydrogens (tertiary/aromatic N) is 4. The van der Waals surface area contributed by atoms with Gasteiger partial charge in [0.25, 0.3) is 0 Å². The summed E-state index contributed by atoms with van der Waals surface area (Å²) in [5.74, 6) is -1.86. The van der Waals surface area contributed by atoms with E-state index < -0.39 is 5.97 Å². The van der Waals surface area contributed by atoms with Crippen LogP contribution in [0.15, 0.2) is 23.3 Å². The van der Waals surface area contributed by atoms with Crippen molar-refractivity contribution >= 4 is 17.6 Å². The molecule has 0 bridgehead atoms. The SMILES string of the molecule is [N-]=[N+]=NCC1CC(=O)N(c2ccc(O)c(C(=O)O)c2)C1. The van der Waals surface area contributed by atoms with Crippen molar-refractivity contribution in [2.45, 2.75) is 6.42 Å². The van der Waals surface area contributed by atoms with Crippen molar-refractivity contribution in [3.8, 4) is 5.75 Å². The quantitative estimate of drug-likeness (QED) is 0.493. The number of carboxylic acid groups (broad SMARTS) is 1. The Labute approximate surface area is 113 Å². The molecule has 1 heterocycles. The van der Waals surface area contributed by atoms with Crippen LogP contribution < -0.4 is 4.90 Å². The topological polar surface area (TPSA) is 127 Å². The highest BCUT2D eigenvalue weighted by atomic mass is 16.4. The predicted octanol–water partition coefficient (Wildman–Crippen LogP) is 1.75. The molecule has 0 saturated carbocycles. The van der Waals surface area contributed by atoms with Crippen molar-refractivity contribution in [1.29, 1.82) is 0 Å². The van der Waals surface area contributed by atoms with Gasteiger partial charge in [-0.25, -0.2) is 4.79 Å². The number of benzene rings is 1. The number of aromatic carboxylic acids is 1. The second kappa shape index (κ2) is 5.50. The number of aromatic hydroxyl groups is 1. The molecule has 20 heavy (non-hydrogen) atoms. The van der Waals surface area contributed by atoms with E-state index in [1.54, 1.807) is 0 Å². The van der Waals surface area contributed by atoms with Gasteiger partial charge >= 0.3 is 5.97 Å². The Kier molecular flexibility index (Phi) is 3.76. The Balaban J connectivity index is 2.24. The van der Waals surface area contributed by atoms with Gasteiger partial charge < -0.3 is 15.1 Å². The summed E-state index contributed by atoms with van der Waals surface area (Å²) in [6.07, 6.45) is 0.252. The Bertz CT molecular complexity index is 609. The van der Waals surface area contributed by atoms with E-state index in [0.717, 1.165) is 0 Å². The normalized spacial score (nSPS) is 17.9. The molecule has 0 radical (unpaired) electrons. The summed E-state index contributed by atoms with van der Waals surface area (Å²) in [5.41, 5.74) is 8.43. The average molecular weight is 276 g/mol. The maximum absolute atomic E-state index is 11.9. The summed E-state index contributed by atoms with van der Waals surface area (Å²) in [6.45, 7) is 0.588. The van der Waals surface area contributed by atoms with Crippen LogP contribution in [0.1, 0.15) is 16.8 Å². The molecule has 1 unspecified atom stereocenters. The largest absolute Gasteiger partial charge is 0.507 e. The van der Waals surface area contributed by atoms with E-state index in [1.165, 1.54) is 23.1 Å². The predicted molar refractivity (Wildman–Crippen MR) is 69.5 cm³/mol. The molecule has 2 rings (SSSR count). The summed E-state index contributed by atoms with van der Waals surface area (Å²) in [6, 6.07) is 3.98. The molecule has 1 aromatic rings. The summed E-state index contributed by atoms with van der Waals surface area (Å²) >= 11 is 0. The van der Waals surface area contributed by atoms with E-state index in [1.807, 2.05) is 0 Å². The molecular weight excluding hydrogens is 264 g/mol. The molecule has 1 atom stereocenters. The number of phenols is 1. The number of carboxylic acids is 1. The number of rotatable bonds is 4. The van der Waals surface area contributed by atoms with Crippen LogP contribution >= 0.6 is 0 Å². The highest BCUT2D eigenvalue weighted by Gasteiger charge is 2.30. The first-order valence-electron chi connectivity index (χ1n) is 5.90. The Morgan fingerprint density at radius 1 is 1.55 bits per heavy atom. The van der Waals surface area contributed by atoms with Crippen LogP contribution in [0.3, 0.4) is 0 Å². The smallest absolute Gasteiger partial charge is 0.339 e. The molecule has 1 fully saturated rings. The molecule has 8 nitrogen and oxygen atoms in total. The zero-order valence-electron chi connectivity index (χ0n) is 10.4. The number of azide groups is 1. The zero-order valence-corrected chi connectivity index (χ0v) is 10.4. The van der Waals surface area contributed by atoms with Crippen LogP contribution in [-0.4, -0.2) is 35.2 Å². The van der Waals surface area contributed by atoms with Crippen LogP contribution in [0, 0.1) is 5.92 Å². The highest BCUT2D eigenvalue weighted by molar-refractivity contribution is 5.98. The van der Waals surface area contributed by atoms with Crippen molar-refractivity contribution in [3.05, 3.63) is 34.2 Å².